The zero-order valence-corrected chi connectivity index (χ0v) is 12.5. The Bertz CT molecular complexity index is 472. The van der Waals surface area contributed by atoms with E-state index >= 15 is 0 Å². The Hall–Kier alpha value is -1.55. The zero-order chi connectivity index (χ0) is 14.5. The topological polar surface area (TPSA) is 50.4 Å². The molecular formula is C16H24N2O2. The molecule has 0 saturated heterocycles. The number of carbonyl (C=O) groups is 1. The largest absolute Gasteiger partial charge is 0.482 e. The Morgan fingerprint density at radius 1 is 1.40 bits per heavy atom. The molecule has 1 aromatic rings. The molecule has 1 heterocycles. The van der Waals surface area contributed by atoms with E-state index in [1.807, 2.05) is 12.1 Å². The lowest BCUT2D eigenvalue weighted by Crippen LogP contribution is -2.27. The van der Waals surface area contributed by atoms with E-state index in [4.69, 9.17) is 4.74 Å². The molecule has 1 aliphatic heterocycles. The first-order chi connectivity index (χ1) is 9.60. The number of fused-ring (bicyclic) bond motifs is 1. The van der Waals surface area contributed by atoms with Crippen LogP contribution in [0, 0.1) is 5.92 Å². The van der Waals surface area contributed by atoms with Crippen LogP contribution < -0.4 is 15.4 Å². The van der Waals surface area contributed by atoms with Crippen LogP contribution in [0.4, 0.5) is 5.69 Å². The summed E-state index contributed by atoms with van der Waals surface area (Å²) in [6, 6.07) is 6.39. The van der Waals surface area contributed by atoms with Crippen LogP contribution in [0.1, 0.15) is 45.2 Å². The van der Waals surface area contributed by atoms with Crippen molar-refractivity contribution in [3.63, 3.8) is 0 Å². The quantitative estimate of drug-likeness (QED) is 0.839. The van der Waals surface area contributed by atoms with Gasteiger partial charge in [-0.05, 0) is 43.0 Å². The number of nitrogens with one attached hydrogen (secondary N) is 2. The highest BCUT2D eigenvalue weighted by atomic mass is 16.5. The van der Waals surface area contributed by atoms with Crippen LogP contribution in [0.3, 0.4) is 0 Å². The highest BCUT2D eigenvalue weighted by molar-refractivity contribution is 5.95. The molecule has 2 rings (SSSR count). The van der Waals surface area contributed by atoms with E-state index in [1.165, 1.54) is 5.56 Å². The van der Waals surface area contributed by atoms with Gasteiger partial charge in [-0.2, -0.15) is 0 Å². The average molecular weight is 276 g/mol. The molecule has 1 aliphatic rings. The van der Waals surface area contributed by atoms with Crippen LogP contribution in [-0.4, -0.2) is 19.1 Å². The molecule has 1 aromatic carbocycles. The highest BCUT2D eigenvalue weighted by Crippen LogP contribution is 2.32. The zero-order valence-electron chi connectivity index (χ0n) is 12.5. The number of ether oxygens (including phenoxy) is 1. The summed E-state index contributed by atoms with van der Waals surface area (Å²) in [6.45, 7) is 7.72. The van der Waals surface area contributed by atoms with Crippen molar-refractivity contribution < 1.29 is 9.53 Å². The van der Waals surface area contributed by atoms with E-state index in [0.717, 1.165) is 30.8 Å². The fraction of sp³-hybridized carbons (Fsp3) is 0.562. The summed E-state index contributed by atoms with van der Waals surface area (Å²) in [5, 5.41) is 6.45. The normalized spacial score (nSPS) is 15.5. The third-order valence-electron chi connectivity index (χ3n) is 3.39. The summed E-state index contributed by atoms with van der Waals surface area (Å²) in [6.07, 6.45) is 2.19. The monoisotopic (exact) mass is 276 g/mol. The minimum Gasteiger partial charge on any atom is -0.482 e. The van der Waals surface area contributed by atoms with Gasteiger partial charge in [-0.3, -0.25) is 4.79 Å². The Balaban J connectivity index is 2.19. The van der Waals surface area contributed by atoms with Crippen molar-refractivity contribution in [1.29, 1.82) is 0 Å². The number of anilines is 1. The lowest BCUT2D eigenvalue weighted by atomic mass is 9.96. The fourth-order valence-electron chi connectivity index (χ4n) is 2.44. The molecule has 0 aliphatic carbocycles. The molecule has 20 heavy (non-hydrogen) atoms. The SMILES string of the molecule is CCCNC(CC(C)C)c1ccc2c(c1)NC(=O)CO2. The van der Waals surface area contributed by atoms with E-state index in [-0.39, 0.29) is 12.5 Å². The molecule has 4 nitrogen and oxygen atoms in total. The molecule has 0 radical (unpaired) electrons. The van der Waals surface area contributed by atoms with Gasteiger partial charge >= 0.3 is 0 Å². The fourth-order valence-corrected chi connectivity index (χ4v) is 2.44. The van der Waals surface area contributed by atoms with Gasteiger partial charge in [-0.1, -0.05) is 26.8 Å². The lowest BCUT2D eigenvalue weighted by molar-refractivity contribution is -0.118. The van der Waals surface area contributed by atoms with Gasteiger partial charge in [0.05, 0.1) is 5.69 Å². The van der Waals surface area contributed by atoms with Gasteiger partial charge in [0, 0.05) is 6.04 Å². The molecule has 0 bridgehead atoms. The van der Waals surface area contributed by atoms with Gasteiger partial charge in [0.15, 0.2) is 6.61 Å². The van der Waals surface area contributed by atoms with Crippen molar-refractivity contribution in [3.05, 3.63) is 23.8 Å². The van der Waals surface area contributed by atoms with Crippen LogP contribution in [-0.2, 0) is 4.79 Å². The van der Waals surface area contributed by atoms with Crippen molar-refractivity contribution in [2.75, 3.05) is 18.5 Å². The third kappa shape index (κ3) is 3.73. The van der Waals surface area contributed by atoms with E-state index in [1.54, 1.807) is 0 Å². The number of hydrogen-bond donors (Lipinski definition) is 2. The number of amides is 1. The minimum atomic E-state index is -0.0865. The number of hydrogen-bond acceptors (Lipinski definition) is 3. The van der Waals surface area contributed by atoms with Crippen molar-refractivity contribution in [1.82, 2.24) is 5.32 Å². The van der Waals surface area contributed by atoms with E-state index in [2.05, 4.69) is 37.5 Å². The first kappa shape index (κ1) is 14.9. The molecular weight excluding hydrogens is 252 g/mol. The maximum atomic E-state index is 11.4. The van der Waals surface area contributed by atoms with Gasteiger partial charge in [0.1, 0.15) is 5.75 Å². The summed E-state index contributed by atoms with van der Waals surface area (Å²) < 4.78 is 5.40. The smallest absolute Gasteiger partial charge is 0.262 e. The molecule has 0 fully saturated rings. The summed E-state index contributed by atoms with van der Waals surface area (Å²) in [5.74, 6) is 1.29. The highest BCUT2D eigenvalue weighted by Gasteiger charge is 2.19. The molecule has 1 unspecified atom stereocenters. The second kappa shape index (κ2) is 6.75. The molecule has 110 valence electrons. The number of carbonyl (C=O) groups excluding carboxylic acids is 1. The van der Waals surface area contributed by atoms with Crippen LogP contribution in [0.2, 0.25) is 0 Å². The van der Waals surface area contributed by atoms with Crippen molar-refractivity contribution in [2.24, 2.45) is 5.92 Å². The first-order valence-electron chi connectivity index (χ1n) is 7.40. The molecule has 1 amide bonds. The molecule has 0 saturated carbocycles. The predicted octanol–water partition coefficient (Wildman–Crippen LogP) is 3.10. The standard InChI is InChI=1S/C16H24N2O2/c1-4-7-17-13(8-11(2)3)12-5-6-15-14(9-12)18-16(19)10-20-15/h5-6,9,11,13,17H,4,7-8,10H2,1-3H3,(H,18,19). The van der Waals surface area contributed by atoms with Crippen LogP contribution in [0.15, 0.2) is 18.2 Å². The van der Waals surface area contributed by atoms with Crippen LogP contribution >= 0.6 is 0 Å². The Kier molecular flexibility index (Phi) is 5.01. The summed E-state index contributed by atoms with van der Waals surface area (Å²) in [4.78, 5) is 11.4. The summed E-state index contributed by atoms with van der Waals surface area (Å²) >= 11 is 0. The number of rotatable bonds is 6. The van der Waals surface area contributed by atoms with E-state index in [0.29, 0.717) is 12.0 Å². The average Bonchev–Trinajstić information content (AvgIpc) is 2.42. The van der Waals surface area contributed by atoms with Gasteiger partial charge < -0.3 is 15.4 Å². The molecule has 0 spiro atoms. The van der Waals surface area contributed by atoms with Gasteiger partial charge in [0.25, 0.3) is 5.91 Å². The first-order valence-corrected chi connectivity index (χ1v) is 7.40. The van der Waals surface area contributed by atoms with Crippen molar-refractivity contribution in [2.45, 2.75) is 39.7 Å². The molecule has 0 aromatic heterocycles. The third-order valence-corrected chi connectivity index (χ3v) is 3.39. The van der Waals surface area contributed by atoms with Crippen molar-refractivity contribution in [3.8, 4) is 5.75 Å². The molecule has 2 N–H and O–H groups in total. The van der Waals surface area contributed by atoms with E-state index < -0.39 is 0 Å². The molecule has 4 heteroatoms. The van der Waals surface area contributed by atoms with Crippen LogP contribution in [0.5, 0.6) is 5.75 Å². The van der Waals surface area contributed by atoms with Crippen molar-refractivity contribution >= 4 is 11.6 Å². The maximum absolute atomic E-state index is 11.4. The molecule has 1 atom stereocenters. The second-order valence-corrected chi connectivity index (χ2v) is 5.73. The number of benzene rings is 1. The lowest BCUT2D eigenvalue weighted by Gasteiger charge is -2.24. The van der Waals surface area contributed by atoms with E-state index in [9.17, 15) is 4.79 Å². The van der Waals surface area contributed by atoms with Gasteiger partial charge in [-0.15, -0.1) is 0 Å². The summed E-state index contributed by atoms with van der Waals surface area (Å²) in [5.41, 5.74) is 1.99. The predicted molar refractivity (Wildman–Crippen MR) is 81.1 cm³/mol. The Morgan fingerprint density at radius 3 is 2.90 bits per heavy atom. The van der Waals surface area contributed by atoms with Gasteiger partial charge in [0.2, 0.25) is 0 Å². The minimum absolute atomic E-state index is 0.0865. The van der Waals surface area contributed by atoms with Crippen LogP contribution in [0.25, 0.3) is 0 Å². The maximum Gasteiger partial charge on any atom is 0.262 e. The Morgan fingerprint density at radius 2 is 2.20 bits per heavy atom. The van der Waals surface area contributed by atoms with Gasteiger partial charge in [-0.25, -0.2) is 0 Å². The second-order valence-electron chi connectivity index (χ2n) is 5.73. The summed E-state index contributed by atoms with van der Waals surface area (Å²) in [7, 11) is 0. The Labute approximate surface area is 120 Å².